The molecule has 2 aromatic heterocycles. The summed E-state index contributed by atoms with van der Waals surface area (Å²) in [6, 6.07) is 1.85. The minimum atomic E-state index is 0.721. The van der Waals surface area contributed by atoms with Gasteiger partial charge in [0, 0.05) is 24.0 Å². The molecule has 0 spiro atoms. The molecule has 0 bridgehead atoms. The first kappa shape index (κ1) is 9.64. The molecule has 78 valence electrons. The summed E-state index contributed by atoms with van der Waals surface area (Å²) in [5.41, 5.74) is 2.22. The molecule has 5 nitrogen and oxygen atoms in total. The second-order valence-electron chi connectivity index (χ2n) is 3.36. The molecule has 0 aliphatic heterocycles. The molecule has 2 N–H and O–H groups in total. The van der Waals surface area contributed by atoms with E-state index in [1.165, 1.54) is 0 Å². The lowest BCUT2D eigenvalue weighted by atomic mass is 10.2. The quantitative estimate of drug-likeness (QED) is 0.791. The van der Waals surface area contributed by atoms with Crippen molar-refractivity contribution in [3.05, 3.63) is 35.5 Å². The Morgan fingerprint density at radius 2 is 2.27 bits per heavy atom. The van der Waals surface area contributed by atoms with Crippen molar-refractivity contribution in [3.63, 3.8) is 0 Å². The number of nitrogens with zero attached hydrogens (tertiary/aromatic N) is 3. The second kappa shape index (κ2) is 4.08. The Morgan fingerprint density at radius 3 is 2.93 bits per heavy atom. The van der Waals surface area contributed by atoms with E-state index >= 15 is 0 Å². The van der Waals surface area contributed by atoms with Crippen LogP contribution in [-0.4, -0.2) is 20.2 Å². The van der Waals surface area contributed by atoms with Crippen molar-refractivity contribution in [2.45, 2.75) is 20.4 Å². The number of aromatic amines is 1. The standard InChI is InChI=1S/C10H13N5/c1-7-9(6-13-15-7)5-12-10-3-4-11-8(2)14-10/h3-4,6H,5H2,1-2H3,(H,13,15)(H,11,12,14). The number of rotatable bonds is 3. The Hall–Kier alpha value is -1.91. The van der Waals surface area contributed by atoms with Gasteiger partial charge < -0.3 is 5.32 Å². The fraction of sp³-hybridized carbons (Fsp3) is 0.300. The van der Waals surface area contributed by atoms with E-state index in [1.807, 2.05) is 26.1 Å². The van der Waals surface area contributed by atoms with Crippen LogP contribution in [0.1, 0.15) is 17.1 Å². The normalized spacial score (nSPS) is 10.3. The van der Waals surface area contributed by atoms with Crippen molar-refractivity contribution in [2.75, 3.05) is 5.32 Å². The SMILES string of the molecule is Cc1nccc(NCc2cn[nH]c2C)n1. The number of nitrogens with one attached hydrogen (secondary N) is 2. The van der Waals surface area contributed by atoms with Crippen LogP contribution in [0, 0.1) is 13.8 Å². The van der Waals surface area contributed by atoms with E-state index in [9.17, 15) is 0 Å². The summed E-state index contributed by atoms with van der Waals surface area (Å²) >= 11 is 0. The Kier molecular flexibility index (Phi) is 2.62. The van der Waals surface area contributed by atoms with Crippen LogP contribution in [0.15, 0.2) is 18.5 Å². The number of hydrogen-bond acceptors (Lipinski definition) is 4. The van der Waals surface area contributed by atoms with Crippen LogP contribution in [0.25, 0.3) is 0 Å². The largest absolute Gasteiger partial charge is 0.366 e. The smallest absolute Gasteiger partial charge is 0.129 e. The second-order valence-corrected chi connectivity index (χ2v) is 3.36. The Balaban J connectivity index is 2.02. The zero-order chi connectivity index (χ0) is 10.7. The zero-order valence-corrected chi connectivity index (χ0v) is 8.78. The topological polar surface area (TPSA) is 66.5 Å². The van der Waals surface area contributed by atoms with E-state index in [0.29, 0.717) is 0 Å². The summed E-state index contributed by atoms with van der Waals surface area (Å²) in [7, 11) is 0. The highest BCUT2D eigenvalue weighted by Gasteiger charge is 2.00. The number of aromatic nitrogens is 4. The van der Waals surface area contributed by atoms with E-state index < -0.39 is 0 Å². The van der Waals surface area contributed by atoms with Gasteiger partial charge in [-0.15, -0.1) is 0 Å². The summed E-state index contributed by atoms with van der Waals surface area (Å²) in [6.07, 6.45) is 3.56. The van der Waals surface area contributed by atoms with E-state index in [2.05, 4.69) is 25.5 Å². The van der Waals surface area contributed by atoms with Gasteiger partial charge in [0.25, 0.3) is 0 Å². The first-order valence-electron chi connectivity index (χ1n) is 4.78. The van der Waals surface area contributed by atoms with Crippen LogP contribution in [0.3, 0.4) is 0 Å². The first-order valence-corrected chi connectivity index (χ1v) is 4.78. The van der Waals surface area contributed by atoms with Gasteiger partial charge in [0.2, 0.25) is 0 Å². The number of H-pyrrole nitrogens is 1. The molecule has 0 unspecified atom stereocenters. The summed E-state index contributed by atoms with van der Waals surface area (Å²) in [5, 5.41) is 10.1. The lowest BCUT2D eigenvalue weighted by Crippen LogP contribution is -2.02. The third kappa shape index (κ3) is 2.31. The average Bonchev–Trinajstić information content (AvgIpc) is 2.61. The highest BCUT2D eigenvalue weighted by molar-refractivity contribution is 5.34. The molecule has 2 heterocycles. The van der Waals surface area contributed by atoms with Gasteiger partial charge in [-0.2, -0.15) is 5.10 Å². The van der Waals surface area contributed by atoms with Crippen molar-refractivity contribution in [2.24, 2.45) is 0 Å². The maximum absolute atomic E-state index is 4.25. The van der Waals surface area contributed by atoms with Crippen LogP contribution in [0.5, 0.6) is 0 Å². The molecule has 0 fully saturated rings. The van der Waals surface area contributed by atoms with E-state index in [0.717, 1.165) is 29.4 Å². The van der Waals surface area contributed by atoms with Gasteiger partial charge in [-0.25, -0.2) is 9.97 Å². The molecule has 0 aromatic carbocycles. The van der Waals surface area contributed by atoms with Crippen molar-refractivity contribution >= 4 is 5.82 Å². The van der Waals surface area contributed by atoms with Crippen molar-refractivity contribution in [1.82, 2.24) is 20.2 Å². The molecule has 0 amide bonds. The summed E-state index contributed by atoms with van der Waals surface area (Å²) in [6.45, 7) is 4.59. The third-order valence-corrected chi connectivity index (χ3v) is 2.17. The lowest BCUT2D eigenvalue weighted by Gasteiger charge is -2.04. The fourth-order valence-electron chi connectivity index (χ4n) is 1.29. The van der Waals surface area contributed by atoms with Gasteiger partial charge in [-0.3, -0.25) is 5.10 Å². The van der Waals surface area contributed by atoms with E-state index in [1.54, 1.807) is 6.20 Å². The van der Waals surface area contributed by atoms with Crippen LogP contribution in [0.4, 0.5) is 5.82 Å². The van der Waals surface area contributed by atoms with Gasteiger partial charge in [0.05, 0.1) is 6.20 Å². The molecular weight excluding hydrogens is 190 g/mol. The predicted molar refractivity (Wildman–Crippen MR) is 57.4 cm³/mol. The predicted octanol–water partition coefficient (Wildman–Crippen LogP) is 1.43. The molecule has 0 saturated carbocycles. The van der Waals surface area contributed by atoms with Gasteiger partial charge in [0.1, 0.15) is 11.6 Å². The summed E-state index contributed by atoms with van der Waals surface area (Å²) in [5.74, 6) is 1.60. The number of anilines is 1. The van der Waals surface area contributed by atoms with Gasteiger partial charge in [-0.05, 0) is 19.9 Å². The van der Waals surface area contributed by atoms with Crippen LogP contribution < -0.4 is 5.32 Å². The third-order valence-electron chi connectivity index (χ3n) is 2.17. The Bertz CT molecular complexity index is 449. The van der Waals surface area contributed by atoms with Crippen molar-refractivity contribution in [3.8, 4) is 0 Å². The first-order chi connectivity index (χ1) is 7.25. The van der Waals surface area contributed by atoms with Gasteiger partial charge in [-0.1, -0.05) is 0 Å². The average molecular weight is 203 g/mol. The van der Waals surface area contributed by atoms with Crippen LogP contribution in [-0.2, 0) is 6.54 Å². The van der Waals surface area contributed by atoms with Gasteiger partial charge in [0.15, 0.2) is 0 Å². The molecular formula is C10H13N5. The van der Waals surface area contributed by atoms with Crippen molar-refractivity contribution in [1.29, 1.82) is 0 Å². The summed E-state index contributed by atoms with van der Waals surface area (Å²) in [4.78, 5) is 8.28. The molecule has 0 radical (unpaired) electrons. The van der Waals surface area contributed by atoms with Crippen LogP contribution >= 0.6 is 0 Å². The molecule has 2 rings (SSSR count). The monoisotopic (exact) mass is 203 g/mol. The van der Waals surface area contributed by atoms with Crippen molar-refractivity contribution < 1.29 is 0 Å². The zero-order valence-electron chi connectivity index (χ0n) is 8.78. The minimum Gasteiger partial charge on any atom is -0.366 e. The number of aryl methyl sites for hydroxylation is 2. The van der Waals surface area contributed by atoms with E-state index in [-0.39, 0.29) is 0 Å². The minimum absolute atomic E-state index is 0.721. The highest BCUT2D eigenvalue weighted by atomic mass is 15.1. The lowest BCUT2D eigenvalue weighted by molar-refractivity contribution is 1.01. The fourth-order valence-corrected chi connectivity index (χ4v) is 1.29. The molecule has 0 atom stereocenters. The molecule has 0 saturated heterocycles. The van der Waals surface area contributed by atoms with E-state index in [4.69, 9.17) is 0 Å². The molecule has 5 heteroatoms. The number of hydrogen-bond donors (Lipinski definition) is 2. The molecule has 2 aromatic rings. The Morgan fingerprint density at radius 1 is 1.40 bits per heavy atom. The maximum Gasteiger partial charge on any atom is 0.129 e. The van der Waals surface area contributed by atoms with Gasteiger partial charge >= 0.3 is 0 Å². The highest BCUT2D eigenvalue weighted by Crippen LogP contribution is 2.07. The summed E-state index contributed by atoms with van der Waals surface area (Å²) < 4.78 is 0. The van der Waals surface area contributed by atoms with Crippen LogP contribution in [0.2, 0.25) is 0 Å². The molecule has 0 aliphatic carbocycles. The Labute approximate surface area is 88.0 Å². The maximum atomic E-state index is 4.25. The molecule has 15 heavy (non-hydrogen) atoms. The molecule has 0 aliphatic rings.